The van der Waals surface area contributed by atoms with Crippen LogP contribution in [0.5, 0.6) is 0 Å². The molecule has 4 N–H and O–H groups in total. The van der Waals surface area contributed by atoms with Crippen LogP contribution in [-0.4, -0.2) is 94.7 Å². The fraction of sp³-hybridized carbons (Fsp3) is 0.650. The van der Waals surface area contributed by atoms with Crippen molar-refractivity contribution < 1.29 is 33.9 Å². The number of nitrogens with two attached hydrogens (primary N) is 1. The summed E-state index contributed by atoms with van der Waals surface area (Å²) < 4.78 is 8.12. The van der Waals surface area contributed by atoms with Crippen LogP contribution in [0.2, 0.25) is 0 Å². The Morgan fingerprint density at radius 1 is 1.42 bits per heavy atom. The number of nitrogens with zero attached hydrogens (tertiary/aromatic N) is 4. The molecule has 2 aliphatic heterocycles. The van der Waals surface area contributed by atoms with Crippen LogP contribution >= 0.6 is 35.1 Å². The molecule has 0 bridgehead atoms. The number of carboxylic acids is 1. The van der Waals surface area contributed by atoms with Crippen molar-refractivity contribution in [3.05, 3.63) is 5.82 Å². The molecule has 3 rings (SSSR count). The Labute approximate surface area is 220 Å². The second-order valence-corrected chi connectivity index (χ2v) is 12.6. The smallest absolute Gasteiger partial charge is 0.350 e. The molecule has 2 amide bonds. The molecule has 13 nitrogen and oxygen atoms in total. The second-order valence-electron chi connectivity index (χ2n) is 9.03. The number of nitrogen functional groups attached to an aromatic ring is 1. The number of oxime groups is 1. The minimum Gasteiger partial charge on any atom is -0.480 e. The zero-order chi connectivity index (χ0) is 26.8. The number of fused-ring (bicyclic) bond motifs is 1. The molecular weight excluding hydrogens is 532 g/mol. The SMILES string of the molecule is CCSC1(C(=O)O)CS[C@@H]2C(NC(=O)C(=NOC(C)C(=O)OC(C)(C)C)c3nsc(N)n3)C(=O)N2C1. The Bertz CT molecular complexity index is 1070. The van der Waals surface area contributed by atoms with Crippen molar-refractivity contribution in [2.24, 2.45) is 5.16 Å². The average Bonchev–Trinajstić information content (AvgIpc) is 3.22. The third-order valence-electron chi connectivity index (χ3n) is 5.06. The molecule has 2 fully saturated rings. The van der Waals surface area contributed by atoms with Crippen LogP contribution in [0.3, 0.4) is 0 Å². The number of hydrogen-bond donors (Lipinski definition) is 3. The largest absolute Gasteiger partial charge is 0.480 e. The van der Waals surface area contributed by atoms with E-state index in [0.717, 1.165) is 11.5 Å². The molecule has 0 radical (unpaired) electrons. The van der Waals surface area contributed by atoms with Gasteiger partial charge in [-0.25, -0.2) is 4.79 Å². The maximum absolute atomic E-state index is 13.1. The number of aliphatic carboxylic acids is 1. The van der Waals surface area contributed by atoms with Crippen LogP contribution in [-0.2, 0) is 28.8 Å². The molecule has 1 aromatic heterocycles. The fourth-order valence-electron chi connectivity index (χ4n) is 3.39. The Morgan fingerprint density at radius 2 is 2.11 bits per heavy atom. The quantitative estimate of drug-likeness (QED) is 0.165. The van der Waals surface area contributed by atoms with Gasteiger partial charge >= 0.3 is 11.9 Å². The highest BCUT2D eigenvalue weighted by Crippen LogP contribution is 2.43. The van der Waals surface area contributed by atoms with Gasteiger partial charge in [-0.15, -0.1) is 23.5 Å². The van der Waals surface area contributed by atoms with Gasteiger partial charge in [0.15, 0.2) is 5.13 Å². The Kier molecular flexibility index (Phi) is 8.40. The summed E-state index contributed by atoms with van der Waals surface area (Å²) >= 11 is 3.40. The van der Waals surface area contributed by atoms with Crippen LogP contribution in [0, 0.1) is 0 Å². The number of nitrogens with one attached hydrogen (secondary N) is 1. The number of amides is 2. The zero-order valence-electron chi connectivity index (χ0n) is 20.3. The standard InChI is InChI=1S/C20H28N6O7S3/c1-6-35-20(17(30)31)7-26-14(28)11(15(26)34-8-20)22-13(27)10(12-23-18(21)36-25-12)24-33-9(2)16(29)32-19(3,4)5/h9,11,15H,6-8H2,1-5H3,(H,22,27)(H,30,31)(H2,21,23,25)/t9?,11?,15-,20?/m1/s1. The van der Waals surface area contributed by atoms with Crippen LogP contribution in [0.4, 0.5) is 5.13 Å². The molecule has 36 heavy (non-hydrogen) atoms. The maximum Gasteiger partial charge on any atom is 0.350 e. The summed E-state index contributed by atoms with van der Waals surface area (Å²) in [4.78, 5) is 60.6. The average molecular weight is 561 g/mol. The molecule has 4 atom stereocenters. The van der Waals surface area contributed by atoms with Gasteiger partial charge in [-0.3, -0.25) is 14.4 Å². The lowest BCUT2D eigenvalue weighted by Gasteiger charge is -2.53. The van der Waals surface area contributed by atoms with Crippen molar-refractivity contribution in [3.63, 3.8) is 0 Å². The van der Waals surface area contributed by atoms with E-state index in [4.69, 9.17) is 15.3 Å². The van der Waals surface area contributed by atoms with Gasteiger partial charge in [0.05, 0.1) is 0 Å². The molecule has 0 saturated carbocycles. The summed E-state index contributed by atoms with van der Waals surface area (Å²) in [6, 6.07) is -0.898. The number of hydrogen-bond acceptors (Lipinski definition) is 13. The fourth-order valence-corrected chi connectivity index (χ4v) is 6.66. The minimum atomic E-state index is -1.14. The highest BCUT2D eigenvalue weighted by Gasteiger charge is 2.57. The molecular formula is C20H28N6O7S3. The predicted molar refractivity (Wildman–Crippen MR) is 136 cm³/mol. The number of rotatable bonds is 9. The van der Waals surface area contributed by atoms with E-state index in [1.165, 1.54) is 35.3 Å². The molecule has 0 spiro atoms. The first-order valence-electron chi connectivity index (χ1n) is 10.9. The molecule has 1 aromatic rings. The predicted octanol–water partition coefficient (Wildman–Crippen LogP) is 0.548. The molecule has 2 saturated heterocycles. The van der Waals surface area contributed by atoms with Crippen molar-refractivity contribution in [1.82, 2.24) is 19.6 Å². The van der Waals surface area contributed by atoms with Crippen molar-refractivity contribution >= 4 is 69.7 Å². The topological polar surface area (TPSA) is 186 Å². The third kappa shape index (κ3) is 6.03. The number of aromatic nitrogens is 2. The van der Waals surface area contributed by atoms with E-state index in [9.17, 15) is 24.3 Å². The van der Waals surface area contributed by atoms with E-state index in [1.807, 2.05) is 6.92 Å². The van der Waals surface area contributed by atoms with Crippen LogP contribution in [0.15, 0.2) is 5.16 Å². The number of β-lactam (4-membered cyclic amide) rings is 1. The second kappa shape index (κ2) is 10.8. The lowest BCUT2D eigenvalue weighted by molar-refractivity contribution is -0.167. The van der Waals surface area contributed by atoms with Crippen molar-refractivity contribution in [2.75, 3.05) is 23.8 Å². The van der Waals surface area contributed by atoms with E-state index < -0.39 is 51.6 Å². The first-order chi connectivity index (χ1) is 16.8. The normalized spacial score (nSPS) is 24.9. The van der Waals surface area contributed by atoms with E-state index in [1.54, 1.807) is 20.8 Å². The van der Waals surface area contributed by atoms with Gasteiger partial charge in [-0.2, -0.15) is 9.36 Å². The number of anilines is 1. The summed E-state index contributed by atoms with van der Waals surface area (Å²) in [5, 5.41) is 15.8. The molecule has 3 heterocycles. The number of thioether (sulfide) groups is 2. The summed E-state index contributed by atoms with van der Waals surface area (Å²) in [6.07, 6.45) is -1.14. The molecule has 2 aliphatic rings. The number of carboxylic acid groups (broad SMARTS) is 1. The van der Waals surface area contributed by atoms with Gasteiger partial charge in [0.2, 0.25) is 23.5 Å². The number of carbonyl (C=O) groups is 4. The summed E-state index contributed by atoms with van der Waals surface area (Å²) in [6.45, 7) is 8.41. The highest BCUT2D eigenvalue weighted by molar-refractivity contribution is 8.05. The maximum atomic E-state index is 13.1. The van der Waals surface area contributed by atoms with E-state index >= 15 is 0 Å². The minimum absolute atomic E-state index is 0.0470. The van der Waals surface area contributed by atoms with Crippen LogP contribution in [0.25, 0.3) is 0 Å². The highest BCUT2D eigenvalue weighted by atomic mass is 32.2. The van der Waals surface area contributed by atoms with Crippen LogP contribution in [0.1, 0.15) is 40.4 Å². The van der Waals surface area contributed by atoms with Gasteiger partial charge in [0.25, 0.3) is 5.91 Å². The van der Waals surface area contributed by atoms with E-state index in [-0.39, 0.29) is 29.0 Å². The first kappa shape index (κ1) is 28.0. The third-order valence-corrected chi connectivity index (χ3v) is 8.60. The number of carbonyl (C=O) groups excluding carboxylic acids is 3. The van der Waals surface area contributed by atoms with Gasteiger partial charge in [0.1, 0.15) is 21.8 Å². The summed E-state index contributed by atoms with van der Waals surface area (Å²) in [7, 11) is 0. The summed E-state index contributed by atoms with van der Waals surface area (Å²) in [5.74, 6) is -2.13. The molecule has 16 heteroatoms. The lowest BCUT2D eigenvalue weighted by atomic mass is 10.0. The van der Waals surface area contributed by atoms with Gasteiger partial charge < -0.3 is 30.6 Å². The molecule has 3 unspecified atom stereocenters. The number of ether oxygens (including phenoxy) is 1. The lowest BCUT2D eigenvalue weighted by Crippen LogP contribution is -2.74. The van der Waals surface area contributed by atoms with Crippen molar-refractivity contribution in [3.8, 4) is 0 Å². The van der Waals surface area contributed by atoms with E-state index in [0.29, 0.717) is 5.75 Å². The Balaban J connectivity index is 1.73. The molecule has 0 aliphatic carbocycles. The van der Waals surface area contributed by atoms with Crippen LogP contribution < -0.4 is 11.1 Å². The Morgan fingerprint density at radius 3 is 2.67 bits per heavy atom. The Hall–Kier alpha value is -2.59. The van der Waals surface area contributed by atoms with Gasteiger partial charge in [-0.05, 0) is 33.4 Å². The summed E-state index contributed by atoms with van der Waals surface area (Å²) in [5.41, 5.74) is 4.53. The number of esters is 1. The first-order valence-corrected chi connectivity index (χ1v) is 13.8. The van der Waals surface area contributed by atoms with Crippen molar-refractivity contribution in [2.45, 2.75) is 62.5 Å². The molecule has 198 valence electrons. The zero-order valence-corrected chi connectivity index (χ0v) is 22.8. The van der Waals surface area contributed by atoms with Gasteiger partial charge in [-0.1, -0.05) is 12.1 Å². The monoisotopic (exact) mass is 560 g/mol. The van der Waals surface area contributed by atoms with Crippen molar-refractivity contribution in [1.29, 1.82) is 0 Å². The van der Waals surface area contributed by atoms with E-state index in [2.05, 4.69) is 19.8 Å². The van der Waals surface area contributed by atoms with Gasteiger partial charge in [0, 0.05) is 23.8 Å². The molecule has 0 aromatic carbocycles.